The SMILES string of the molecule is Cc1nccn1Cc1ccc(F)cc1Cl. The summed E-state index contributed by atoms with van der Waals surface area (Å²) in [6.45, 7) is 2.53. The molecule has 0 unspecified atom stereocenters. The Labute approximate surface area is 92.3 Å². The lowest BCUT2D eigenvalue weighted by molar-refractivity contribution is 0.626. The van der Waals surface area contributed by atoms with Crippen LogP contribution in [0.4, 0.5) is 4.39 Å². The van der Waals surface area contributed by atoms with Crippen molar-refractivity contribution < 1.29 is 4.39 Å². The first-order valence-electron chi connectivity index (χ1n) is 4.58. The van der Waals surface area contributed by atoms with Crippen LogP contribution in [0.15, 0.2) is 30.6 Å². The molecule has 1 aromatic heterocycles. The van der Waals surface area contributed by atoms with Crippen molar-refractivity contribution in [3.63, 3.8) is 0 Å². The van der Waals surface area contributed by atoms with Crippen LogP contribution >= 0.6 is 11.6 Å². The molecule has 0 fully saturated rings. The molecule has 78 valence electrons. The van der Waals surface area contributed by atoms with E-state index >= 15 is 0 Å². The Morgan fingerprint density at radius 2 is 2.27 bits per heavy atom. The molecule has 0 N–H and O–H groups in total. The van der Waals surface area contributed by atoms with E-state index in [4.69, 9.17) is 11.6 Å². The zero-order valence-corrected chi connectivity index (χ0v) is 9.00. The molecule has 2 aromatic rings. The maximum atomic E-state index is 12.8. The van der Waals surface area contributed by atoms with Gasteiger partial charge in [0.15, 0.2) is 0 Å². The van der Waals surface area contributed by atoms with E-state index in [1.165, 1.54) is 12.1 Å². The van der Waals surface area contributed by atoms with Crippen LogP contribution in [-0.2, 0) is 6.54 Å². The van der Waals surface area contributed by atoms with Crippen molar-refractivity contribution in [2.75, 3.05) is 0 Å². The smallest absolute Gasteiger partial charge is 0.124 e. The molecular weight excluding hydrogens is 215 g/mol. The van der Waals surface area contributed by atoms with E-state index in [0.29, 0.717) is 11.6 Å². The molecule has 0 radical (unpaired) electrons. The number of nitrogens with zero attached hydrogens (tertiary/aromatic N) is 2. The highest BCUT2D eigenvalue weighted by atomic mass is 35.5. The van der Waals surface area contributed by atoms with Gasteiger partial charge in [0.05, 0.1) is 6.54 Å². The van der Waals surface area contributed by atoms with E-state index in [9.17, 15) is 4.39 Å². The molecule has 0 saturated carbocycles. The Balaban J connectivity index is 2.29. The minimum Gasteiger partial charge on any atom is -0.331 e. The van der Waals surface area contributed by atoms with Gasteiger partial charge in [-0.2, -0.15) is 0 Å². The second-order valence-electron chi connectivity index (χ2n) is 3.34. The molecule has 4 heteroatoms. The summed E-state index contributed by atoms with van der Waals surface area (Å²) in [6, 6.07) is 4.42. The van der Waals surface area contributed by atoms with Crippen LogP contribution in [-0.4, -0.2) is 9.55 Å². The van der Waals surface area contributed by atoms with Gasteiger partial charge in [0.1, 0.15) is 11.6 Å². The fourth-order valence-corrected chi connectivity index (χ4v) is 1.63. The number of benzene rings is 1. The Hall–Kier alpha value is -1.35. The van der Waals surface area contributed by atoms with Crippen molar-refractivity contribution in [1.82, 2.24) is 9.55 Å². The Bertz CT molecular complexity index is 479. The van der Waals surface area contributed by atoms with Gasteiger partial charge in [-0.1, -0.05) is 17.7 Å². The fourth-order valence-electron chi connectivity index (χ4n) is 1.40. The maximum Gasteiger partial charge on any atom is 0.124 e. The Morgan fingerprint density at radius 1 is 1.47 bits per heavy atom. The molecule has 0 atom stereocenters. The van der Waals surface area contributed by atoms with Crippen LogP contribution in [0, 0.1) is 12.7 Å². The van der Waals surface area contributed by atoms with Crippen molar-refractivity contribution in [3.8, 4) is 0 Å². The summed E-state index contributed by atoms with van der Waals surface area (Å²) >= 11 is 5.93. The summed E-state index contributed by atoms with van der Waals surface area (Å²) in [5.74, 6) is 0.599. The predicted molar refractivity (Wildman–Crippen MR) is 57.5 cm³/mol. The summed E-state index contributed by atoms with van der Waals surface area (Å²) in [5, 5.41) is 0.447. The van der Waals surface area contributed by atoms with E-state index in [1.54, 1.807) is 12.3 Å². The average molecular weight is 225 g/mol. The van der Waals surface area contributed by atoms with Gasteiger partial charge in [0, 0.05) is 17.4 Å². The lowest BCUT2D eigenvalue weighted by Crippen LogP contribution is -2.01. The van der Waals surface area contributed by atoms with E-state index < -0.39 is 0 Å². The van der Waals surface area contributed by atoms with Crippen molar-refractivity contribution in [2.45, 2.75) is 13.5 Å². The highest BCUT2D eigenvalue weighted by Crippen LogP contribution is 2.18. The highest BCUT2D eigenvalue weighted by Gasteiger charge is 2.04. The van der Waals surface area contributed by atoms with E-state index in [0.717, 1.165) is 11.4 Å². The second-order valence-corrected chi connectivity index (χ2v) is 3.75. The number of hydrogen-bond donors (Lipinski definition) is 0. The molecule has 0 aliphatic heterocycles. The third-order valence-electron chi connectivity index (χ3n) is 2.28. The van der Waals surface area contributed by atoms with Gasteiger partial charge < -0.3 is 4.57 Å². The third-order valence-corrected chi connectivity index (χ3v) is 2.63. The van der Waals surface area contributed by atoms with E-state index in [1.807, 2.05) is 17.7 Å². The molecule has 0 bridgehead atoms. The van der Waals surface area contributed by atoms with Crippen molar-refractivity contribution >= 4 is 11.6 Å². The predicted octanol–water partition coefficient (Wildman–Crippen LogP) is 3.03. The summed E-state index contributed by atoms with van der Waals surface area (Å²) in [4.78, 5) is 4.11. The first kappa shape index (κ1) is 10.2. The zero-order valence-electron chi connectivity index (χ0n) is 8.24. The first-order chi connectivity index (χ1) is 7.16. The molecular formula is C11H10ClFN2. The van der Waals surface area contributed by atoms with Crippen LogP contribution in [0.1, 0.15) is 11.4 Å². The van der Waals surface area contributed by atoms with E-state index in [-0.39, 0.29) is 5.82 Å². The van der Waals surface area contributed by atoms with Gasteiger partial charge in [-0.15, -0.1) is 0 Å². The number of aryl methyl sites for hydroxylation is 1. The molecule has 0 saturated heterocycles. The molecule has 1 aromatic carbocycles. The summed E-state index contributed by atoms with van der Waals surface area (Å²) in [5.41, 5.74) is 0.888. The monoisotopic (exact) mass is 224 g/mol. The average Bonchev–Trinajstić information content (AvgIpc) is 2.57. The van der Waals surface area contributed by atoms with Gasteiger partial charge in [0.2, 0.25) is 0 Å². The second kappa shape index (κ2) is 4.03. The van der Waals surface area contributed by atoms with Gasteiger partial charge in [-0.25, -0.2) is 9.37 Å². The van der Waals surface area contributed by atoms with Crippen molar-refractivity contribution in [1.29, 1.82) is 0 Å². The highest BCUT2D eigenvalue weighted by molar-refractivity contribution is 6.31. The molecule has 0 spiro atoms. The molecule has 0 aliphatic carbocycles. The quantitative estimate of drug-likeness (QED) is 0.767. The van der Waals surface area contributed by atoms with Crippen LogP contribution in [0.25, 0.3) is 0 Å². The minimum atomic E-state index is -0.314. The maximum absolute atomic E-state index is 12.8. The van der Waals surface area contributed by atoms with Gasteiger partial charge >= 0.3 is 0 Å². The Morgan fingerprint density at radius 3 is 2.87 bits per heavy atom. The third kappa shape index (κ3) is 2.18. The molecule has 0 aliphatic rings. The summed E-state index contributed by atoms with van der Waals surface area (Å²) < 4.78 is 14.8. The molecule has 0 amide bonds. The largest absolute Gasteiger partial charge is 0.331 e. The first-order valence-corrected chi connectivity index (χ1v) is 4.96. The number of hydrogen-bond acceptors (Lipinski definition) is 1. The normalized spacial score (nSPS) is 10.6. The molecule has 15 heavy (non-hydrogen) atoms. The number of halogens is 2. The standard InChI is InChI=1S/C11H10ClFN2/c1-8-14-4-5-15(8)7-9-2-3-10(13)6-11(9)12/h2-6H,7H2,1H3. The molecule has 2 nitrogen and oxygen atoms in total. The van der Waals surface area contributed by atoms with Crippen LogP contribution in [0.2, 0.25) is 5.02 Å². The fraction of sp³-hybridized carbons (Fsp3) is 0.182. The lowest BCUT2D eigenvalue weighted by atomic mass is 10.2. The molecule has 1 heterocycles. The van der Waals surface area contributed by atoms with Gasteiger partial charge in [-0.05, 0) is 24.6 Å². The topological polar surface area (TPSA) is 17.8 Å². The van der Waals surface area contributed by atoms with Crippen LogP contribution in [0.5, 0.6) is 0 Å². The van der Waals surface area contributed by atoms with Crippen molar-refractivity contribution in [3.05, 3.63) is 52.8 Å². The number of rotatable bonds is 2. The summed E-state index contributed by atoms with van der Waals surface area (Å²) in [6.07, 6.45) is 3.60. The van der Waals surface area contributed by atoms with Crippen LogP contribution in [0.3, 0.4) is 0 Å². The van der Waals surface area contributed by atoms with Crippen molar-refractivity contribution in [2.24, 2.45) is 0 Å². The van der Waals surface area contributed by atoms with Gasteiger partial charge in [0.25, 0.3) is 0 Å². The molecule has 2 rings (SSSR count). The van der Waals surface area contributed by atoms with E-state index in [2.05, 4.69) is 4.98 Å². The van der Waals surface area contributed by atoms with Crippen LogP contribution < -0.4 is 0 Å². The number of imidazole rings is 1. The summed E-state index contributed by atoms with van der Waals surface area (Å²) in [7, 11) is 0. The number of aromatic nitrogens is 2. The zero-order chi connectivity index (χ0) is 10.8. The lowest BCUT2D eigenvalue weighted by Gasteiger charge is -2.06. The Kier molecular flexibility index (Phi) is 2.73. The van der Waals surface area contributed by atoms with Gasteiger partial charge in [-0.3, -0.25) is 0 Å². The minimum absolute atomic E-state index is 0.314.